The molecule has 0 amide bonds. The van der Waals surface area contributed by atoms with Crippen molar-refractivity contribution in [1.29, 1.82) is 0 Å². The fourth-order valence-electron chi connectivity index (χ4n) is 5.34. The second-order valence-corrected chi connectivity index (χ2v) is 9.44. The Balaban J connectivity index is 1.75. The van der Waals surface area contributed by atoms with Gasteiger partial charge in [-0.05, 0) is 52.7 Å². The zero-order chi connectivity index (χ0) is 22.9. The number of hydrogen-bond acceptors (Lipinski definition) is 4. The molecule has 0 bridgehead atoms. The van der Waals surface area contributed by atoms with Crippen LogP contribution in [-0.4, -0.2) is 21.6 Å². The van der Waals surface area contributed by atoms with E-state index in [1.165, 1.54) is 16.6 Å². The van der Waals surface area contributed by atoms with Gasteiger partial charge in [-0.2, -0.15) is 0 Å². The third-order valence-corrected chi connectivity index (χ3v) is 6.78. The summed E-state index contributed by atoms with van der Waals surface area (Å²) in [6.45, 7) is 8.84. The summed E-state index contributed by atoms with van der Waals surface area (Å²) < 4.78 is 8.52. The highest BCUT2D eigenvalue weighted by Gasteiger charge is 2.45. The van der Waals surface area contributed by atoms with Gasteiger partial charge in [0.25, 0.3) is 0 Å². The smallest absolute Gasteiger partial charge is 0.422 e. The lowest BCUT2D eigenvalue weighted by Gasteiger charge is -2.43. The molecule has 1 aromatic heterocycles. The summed E-state index contributed by atoms with van der Waals surface area (Å²) >= 11 is 0. The van der Waals surface area contributed by atoms with Gasteiger partial charge in [-0.3, -0.25) is 0 Å². The predicted molar refractivity (Wildman–Crippen MR) is 133 cm³/mol. The van der Waals surface area contributed by atoms with Crippen molar-refractivity contribution >= 4 is 23.8 Å². The molecule has 3 heterocycles. The van der Waals surface area contributed by atoms with Crippen LogP contribution in [0.3, 0.4) is 0 Å². The van der Waals surface area contributed by atoms with Crippen LogP contribution in [0.5, 0.6) is 17.2 Å². The van der Waals surface area contributed by atoms with Gasteiger partial charge in [0.1, 0.15) is 17.3 Å². The fourth-order valence-corrected chi connectivity index (χ4v) is 5.34. The van der Waals surface area contributed by atoms with Gasteiger partial charge in [0, 0.05) is 12.4 Å². The van der Waals surface area contributed by atoms with Crippen molar-refractivity contribution in [2.75, 3.05) is 4.81 Å². The van der Waals surface area contributed by atoms with Crippen LogP contribution in [0.25, 0.3) is 11.4 Å². The van der Waals surface area contributed by atoms with Crippen molar-refractivity contribution in [2.45, 2.75) is 39.5 Å². The largest absolute Gasteiger partial charge is 0.507 e. The molecule has 1 N–H and O–H groups in total. The first-order valence-electron chi connectivity index (χ1n) is 11.5. The van der Waals surface area contributed by atoms with Gasteiger partial charge < -0.3 is 19.1 Å². The second kappa shape index (κ2) is 7.17. The van der Waals surface area contributed by atoms with Crippen molar-refractivity contribution in [1.82, 2.24) is 9.46 Å². The third kappa shape index (κ3) is 2.76. The fraction of sp³-hybridized carbons (Fsp3) is 0.222. The standard InChI is InChI=1S/C27H26BN3O2/c1-16(2)18-8-7-9-19(17(3)4)25(18)28-30-15-14-29-27(30)24-21(32)12-13-23-26(24)31(28)20-10-5-6-11-22(20)33-23/h5-17,32H,1-4H3. The van der Waals surface area contributed by atoms with Crippen LogP contribution in [0.1, 0.15) is 50.7 Å². The molecule has 3 aromatic carbocycles. The van der Waals surface area contributed by atoms with Crippen LogP contribution >= 0.6 is 0 Å². The summed E-state index contributed by atoms with van der Waals surface area (Å²) in [4.78, 5) is 7.02. The van der Waals surface area contributed by atoms with Crippen molar-refractivity contribution in [3.8, 4) is 28.6 Å². The second-order valence-electron chi connectivity index (χ2n) is 9.44. The number of para-hydroxylation sites is 2. The molecule has 0 saturated carbocycles. The molecule has 2 aliphatic rings. The monoisotopic (exact) mass is 435 g/mol. The van der Waals surface area contributed by atoms with Gasteiger partial charge in [-0.25, -0.2) is 4.98 Å². The lowest BCUT2D eigenvalue weighted by atomic mass is 9.57. The van der Waals surface area contributed by atoms with E-state index in [2.05, 4.69) is 61.2 Å². The number of imidazole rings is 1. The highest BCUT2D eigenvalue weighted by Crippen LogP contribution is 2.55. The van der Waals surface area contributed by atoms with Gasteiger partial charge in [-0.1, -0.05) is 58.0 Å². The number of aromatic nitrogens is 2. The Morgan fingerprint density at radius 3 is 2.33 bits per heavy atom. The molecule has 5 nitrogen and oxygen atoms in total. The van der Waals surface area contributed by atoms with Gasteiger partial charge in [0.15, 0.2) is 5.75 Å². The van der Waals surface area contributed by atoms with E-state index in [-0.39, 0.29) is 12.7 Å². The highest BCUT2D eigenvalue weighted by atomic mass is 16.5. The lowest BCUT2D eigenvalue weighted by molar-refractivity contribution is 0.462. The quantitative estimate of drug-likeness (QED) is 0.401. The number of benzene rings is 3. The Kier molecular flexibility index (Phi) is 4.34. The van der Waals surface area contributed by atoms with E-state index < -0.39 is 0 Å². The molecule has 6 rings (SSSR count). The lowest BCUT2D eigenvalue weighted by Crippen LogP contribution is -2.57. The van der Waals surface area contributed by atoms with Crippen LogP contribution in [0, 0.1) is 0 Å². The summed E-state index contributed by atoms with van der Waals surface area (Å²) in [5.41, 5.74) is 6.48. The molecule has 0 spiro atoms. The number of aromatic hydroxyl groups is 1. The first-order valence-corrected chi connectivity index (χ1v) is 11.5. The zero-order valence-corrected chi connectivity index (χ0v) is 19.3. The van der Waals surface area contributed by atoms with Gasteiger partial charge >= 0.3 is 6.98 Å². The number of hydrogen-bond donors (Lipinski definition) is 1. The van der Waals surface area contributed by atoms with Crippen molar-refractivity contribution in [3.63, 3.8) is 0 Å². The normalized spacial score (nSPS) is 13.6. The Morgan fingerprint density at radius 1 is 0.879 bits per heavy atom. The van der Waals surface area contributed by atoms with Crippen LogP contribution in [0.2, 0.25) is 0 Å². The van der Waals surface area contributed by atoms with E-state index >= 15 is 0 Å². The summed E-state index contributed by atoms with van der Waals surface area (Å²) in [6, 6.07) is 18.3. The minimum atomic E-state index is -0.156. The zero-order valence-electron chi connectivity index (χ0n) is 19.3. The third-order valence-electron chi connectivity index (χ3n) is 6.78. The average molecular weight is 435 g/mol. The average Bonchev–Trinajstić information content (AvgIpc) is 3.29. The van der Waals surface area contributed by atoms with Gasteiger partial charge in [0.05, 0.1) is 16.9 Å². The Labute approximate surface area is 194 Å². The molecule has 0 unspecified atom stereocenters. The molecule has 33 heavy (non-hydrogen) atoms. The number of nitrogens with zero attached hydrogens (tertiary/aromatic N) is 3. The minimum absolute atomic E-state index is 0.156. The van der Waals surface area contributed by atoms with E-state index in [0.29, 0.717) is 17.4 Å². The van der Waals surface area contributed by atoms with E-state index in [1.807, 2.05) is 36.7 Å². The maximum atomic E-state index is 10.9. The molecule has 0 atom stereocenters. The van der Waals surface area contributed by atoms with Gasteiger partial charge in [0.2, 0.25) is 0 Å². The first-order chi connectivity index (χ1) is 16.0. The Bertz CT molecular complexity index is 1370. The Hall–Kier alpha value is -3.67. The van der Waals surface area contributed by atoms with E-state index in [1.54, 1.807) is 6.07 Å². The number of fused-ring (bicyclic) bond motifs is 4. The van der Waals surface area contributed by atoms with Crippen LogP contribution < -0.4 is 15.0 Å². The SMILES string of the molecule is CC(C)c1cccc(C(C)C)c1B1N2c3ccccc3Oc3ccc(O)c(c32)-c2nccn21. The molecule has 2 aliphatic heterocycles. The van der Waals surface area contributed by atoms with E-state index in [0.717, 1.165) is 28.7 Å². The summed E-state index contributed by atoms with van der Waals surface area (Å²) in [5.74, 6) is 3.20. The predicted octanol–water partition coefficient (Wildman–Crippen LogP) is 6.00. The summed E-state index contributed by atoms with van der Waals surface area (Å²) in [6.07, 6.45) is 3.84. The van der Waals surface area contributed by atoms with E-state index in [9.17, 15) is 5.11 Å². The topological polar surface area (TPSA) is 50.5 Å². The first kappa shape index (κ1) is 20.0. The molecule has 164 valence electrons. The molecule has 4 aromatic rings. The number of phenolic OH excluding ortho intramolecular Hbond substituents is 1. The number of rotatable bonds is 3. The van der Waals surface area contributed by atoms with Crippen molar-refractivity contribution in [3.05, 3.63) is 78.1 Å². The van der Waals surface area contributed by atoms with Gasteiger partial charge in [-0.15, -0.1) is 0 Å². The van der Waals surface area contributed by atoms with Crippen LogP contribution in [-0.2, 0) is 0 Å². The Morgan fingerprint density at radius 2 is 1.61 bits per heavy atom. The summed E-state index contributed by atoms with van der Waals surface area (Å²) in [7, 11) is 0. The summed E-state index contributed by atoms with van der Waals surface area (Å²) in [5, 5.41) is 10.9. The molecule has 0 saturated heterocycles. The molecule has 0 aliphatic carbocycles. The number of ether oxygens (including phenoxy) is 1. The maximum absolute atomic E-state index is 10.9. The van der Waals surface area contributed by atoms with Crippen molar-refractivity contribution < 1.29 is 9.84 Å². The molecular weight excluding hydrogens is 409 g/mol. The number of anilines is 2. The molecule has 6 heteroatoms. The van der Waals surface area contributed by atoms with Crippen LogP contribution in [0.4, 0.5) is 11.4 Å². The van der Waals surface area contributed by atoms with Crippen molar-refractivity contribution in [2.24, 2.45) is 0 Å². The maximum Gasteiger partial charge on any atom is 0.422 e. The minimum Gasteiger partial charge on any atom is -0.507 e. The van der Waals surface area contributed by atoms with Crippen LogP contribution in [0.15, 0.2) is 67.0 Å². The number of phenols is 1. The molecule has 0 fully saturated rings. The van der Waals surface area contributed by atoms with E-state index in [4.69, 9.17) is 9.72 Å². The molecule has 0 radical (unpaired) electrons. The highest BCUT2D eigenvalue weighted by molar-refractivity contribution is 6.78. The molecular formula is C27H26BN3O2.